The van der Waals surface area contributed by atoms with E-state index in [4.69, 9.17) is 31.2 Å². The summed E-state index contributed by atoms with van der Waals surface area (Å²) in [5.41, 5.74) is 5.81. The Labute approximate surface area is 285 Å². The third-order valence-corrected chi connectivity index (χ3v) is 9.34. The van der Waals surface area contributed by atoms with E-state index in [9.17, 15) is 4.79 Å². The van der Waals surface area contributed by atoms with Crippen LogP contribution in [0, 0.1) is 6.92 Å². The molecule has 234 valence electrons. The molecule has 1 amide bonds. The molecule has 0 fully saturated rings. The molecule has 1 aromatic heterocycles. The van der Waals surface area contributed by atoms with Crippen molar-refractivity contribution in [2.75, 3.05) is 17.7 Å². The number of ether oxygens (including phenoxy) is 2. The van der Waals surface area contributed by atoms with E-state index >= 15 is 0 Å². The SMILES string of the molecule is COc1cc(C2C(C(=O)Nc3ccccc3)=C(C)Nc3nc(SCc4ccccc4Cl)nn32)cc(Br)c1OCc1ccc(C)cc1. The van der Waals surface area contributed by atoms with Crippen LogP contribution >= 0.6 is 39.3 Å². The lowest BCUT2D eigenvalue weighted by Crippen LogP contribution is -2.31. The number of benzene rings is 4. The van der Waals surface area contributed by atoms with Crippen molar-refractivity contribution in [3.63, 3.8) is 0 Å². The molecule has 1 unspecified atom stereocenters. The number of nitrogens with zero attached hydrogens (tertiary/aromatic N) is 3. The fourth-order valence-electron chi connectivity index (χ4n) is 5.15. The van der Waals surface area contributed by atoms with Crippen molar-refractivity contribution in [3.05, 3.63) is 134 Å². The van der Waals surface area contributed by atoms with Gasteiger partial charge < -0.3 is 20.1 Å². The molecule has 2 heterocycles. The smallest absolute Gasteiger partial charge is 0.255 e. The topological polar surface area (TPSA) is 90.3 Å². The van der Waals surface area contributed by atoms with Gasteiger partial charge in [0.05, 0.1) is 17.2 Å². The molecule has 2 N–H and O–H groups in total. The molecule has 5 aromatic rings. The molecular formula is C35H31BrClN5O3S. The van der Waals surface area contributed by atoms with Crippen LogP contribution in [-0.2, 0) is 17.2 Å². The van der Waals surface area contributed by atoms with Crippen molar-refractivity contribution in [2.45, 2.75) is 37.4 Å². The number of para-hydroxylation sites is 1. The third-order valence-electron chi connectivity index (χ3n) is 7.50. The second kappa shape index (κ2) is 14.0. The van der Waals surface area contributed by atoms with Crippen LogP contribution in [0.2, 0.25) is 5.02 Å². The number of aromatic nitrogens is 3. The highest BCUT2D eigenvalue weighted by atomic mass is 79.9. The van der Waals surface area contributed by atoms with E-state index in [2.05, 4.69) is 45.6 Å². The number of carbonyl (C=O) groups excluding carboxylic acids is 1. The first-order chi connectivity index (χ1) is 22.3. The van der Waals surface area contributed by atoms with E-state index in [0.717, 1.165) is 16.7 Å². The van der Waals surface area contributed by atoms with Gasteiger partial charge in [0.15, 0.2) is 11.5 Å². The third kappa shape index (κ3) is 6.94. The summed E-state index contributed by atoms with van der Waals surface area (Å²) in [7, 11) is 1.60. The summed E-state index contributed by atoms with van der Waals surface area (Å²) in [6, 6.07) is 28.5. The van der Waals surface area contributed by atoms with Gasteiger partial charge in [-0.25, -0.2) is 4.68 Å². The van der Waals surface area contributed by atoms with Crippen LogP contribution in [0.25, 0.3) is 0 Å². The first kappa shape index (κ1) is 31.7. The number of allylic oxidation sites excluding steroid dienone is 1. The van der Waals surface area contributed by atoms with Gasteiger partial charge in [-0.3, -0.25) is 4.79 Å². The monoisotopic (exact) mass is 715 g/mol. The molecule has 0 saturated heterocycles. The van der Waals surface area contributed by atoms with Crippen molar-refractivity contribution >= 4 is 56.8 Å². The minimum Gasteiger partial charge on any atom is -0.493 e. The summed E-state index contributed by atoms with van der Waals surface area (Å²) < 4.78 is 14.5. The van der Waals surface area contributed by atoms with E-state index in [1.807, 2.05) is 85.8 Å². The number of halogens is 2. The van der Waals surface area contributed by atoms with Crippen molar-refractivity contribution in [3.8, 4) is 11.5 Å². The van der Waals surface area contributed by atoms with Crippen molar-refractivity contribution in [1.29, 1.82) is 0 Å². The van der Waals surface area contributed by atoms with Crippen LogP contribution in [0.5, 0.6) is 11.5 Å². The van der Waals surface area contributed by atoms with Gasteiger partial charge in [0.2, 0.25) is 11.1 Å². The van der Waals surface area contributed by atoms with E-state index < -0.39 is 6.04 Å². The van der Waals surface area contributed by atoms with Crippen LogP contribution in [0.4, 0.5) is 11.6 Å². The van der Waals surface area contributed by atoms with E-state index in [1.165, 1.54) is 17.3 Å². The van der Waals surface area contributed by atoms with Gasteiger partial charge in [0.1, 0.15) is 12.6 Å². The first-order valence-corrected chi connectivity index (χ1v) is 16.7. The number of fused-ring (bicyclic) bond motifs is 1. The number of nitrogens with one attached hydrogen (secondary N) is 2. The standard InChI is InChI=1S/C35H31BrClN5O3S/c1-21-13-15-23(16-14-21)19-45-32-27(36)17-25(18-29(32)44-3)31-30(33(43)39-26-10-5-4-6-11-26)22(2)38-34-40-35(41-42(31)34)46-20-24-9-7-8-12-28(24)37/h4-18,31H,19-20H2,1-3H3,(H,39,43)(H,38,40,41). The molecule has 6 rings (SSSR count). The second-order valence-corrected chi connectivity index (χ2v) is 12.9. The van der Waals surface area contributed by atoms with Crippen LogP contribution in [0.15, 0.2) is 112 Å². The molecule has 0 radical (unpaired) electrons. The number of rotatable bonds is 10. The van der Waals surface area contributed by atoms with E-state index in [-0.39, 0.29) is 5.91 Å². The Morgan fingerprint density at radius 2 is 1.78 bits per heavy atom. The summed E-state index contributed by atoms with van der Waals surface area (Å²) in [6.07, 6.45) is 0. The largest absolute Gasteiger partial charge is 0.493 e. The highest BCUT2D eigenvalue weighted by Gasteiger charge is 2.35. The Kier molecular flexibility index (Phi) is 9.67. The summed E-state index contributed by atoms with van der Waals surface area (Å²) in [6.45, 7) is 4.28. The highest BCUT2D eigenvalue weighted by Crippen LogP contribution is 2.43. The molecule has 4 aromatic carbocycles. The first-order valence-electron chi connectivity index (χ1n) is 14.5. The Morgan fingerprint density at radius 1 is 1.04 bits per heavy atom. The zero-order valence-electron chi connectivity index (χ0n) is 25.4. The van der Waals surface area contributed by atoms with Gasteiger partial charge in [-0.2, -0.15) is 4.98 Å². The predicted molar refractivity (Wildman–Crippen MR) is 187 cm³/mol. The average Bonchev–Trinajstić information content (AvgIpc) is 3.46. The van der Waals surface area contributed by atoms with Gasteiger partial charge in [-0.15, -0.1) is 5.10 Å². The summed E-state index contributed by atoms with van der Waals surface area (Å²) in [4.78, 5) is 18.7. The van der Waals surface area contributed by atoms with E-state index in [1.54, 1.807) is 11.8 Å². The second-order valence-electron chi connectivity index (χ2n) is 10.7. The number of methoxy groups -OCH3 is 1. The lowest BCUT2D eigenvalue weighted by Gasteiger charge is -2.29. The Balaban J connectivity index is 1.37. The van der Waals surface area contributed by atoms with Gasteiger partial charge >= 0.3 is 0 Å². The Hall–Kier alpha value is -4.25. The fourth-order valence-corrected chi connectivity index (χ4v) is 6.84. The molecule has 46 heavy (non-hydrogen) atoms. The summed E-state index contributed by atoms with van der Waals surface area (Å²) in [5.74, 6) is 1.93. The van der Waals surface area contributed by atoms with Crippen molar-refractivity contribution < 1.29 is 14.3 Å². The number of hydrogen-bond donors (Lipinski definition) is 2. The lowest BCUT2D eigenvalue weighted by molar-refractivity contribution is -0.113. The minimum atomic E-state index is -0.626. The van der Waals surface area contributed by atoms with Crippen LogP contribution in [0.1, 0.15) is 35.2 Å². The van der Waals surface area contributed by atoms with Crippen LogP contribution < -0.4 is 20.1 Å². The highest BCUT2D eigenvalue weighted by molar-refractivity contribution is 9.10. The minimum absolute atomic E-state index is 0.262. The number of anilines is 2. The van der Waals surface area contributed by atoms with Gasteiger partial charge in [-0.05, 0) is 76.8 Å². The maximum absolute atomic E-state index is 14.0. The predicted octanol–water partition coefficient (Wildman–Crippen LogP) is 8.81. The van der Waals surface area contributed by atoms with Crippen molar-refractivity contribution in [2.24, 2.45) is 0 Å². The number of amides is 1. The van der Waals surface area contributed by atoms with Gasteiger partial charge in [0, 0.05) is 22.2 Å². The maximum atomic E-state index is 14.0. The molecule has 1 aliphatic heterocycles. The van der Waals surface area contributed by atoms with Gasteiger partial charge in [-0.1, -0.05) is 89.6 Å². The summed E-state index contributed by atoms with van der Waals surface area (Å²) >= 11 is 11.6. The maximum Gasteiger partial charge on any atom is 0.255 e. The molecule has 1 aliphatic rings. The molecule has 8 nitrogen and oxygen atoms in total. The number of thioether (sulfide) groups is 1. The molecule has 0 bridgehead atoms. The summed E-state index contributed by atoms with van der Waals surface area (Å²) in [5, 5.41) is 12.5. The molecule has 0 aliphatic carbocycles. The number of aryl methyl sites for hydroxylation is 1. The Morgan fingerprint density at radius 3 is 2.52 bits per heavy atom. The van der Waals surface area contributed by atoms with Crippen LogP contribution in [0.3, 0.4) is 0 Å². The van der Waals surface area contributed by atoms with Crippen molar-refractivity contribution in [1.82, 2.24) is 14.8 Å². The molecule has 0 saturated carbocycles. The van der Waals surface area contributed by atoms with Crippen LogP contribution in [-0.4, -0.2) is 27.8 Å². The van der Waals surface area contributed by atoms with Gasteiger partial charge in [0.25, 0.3) is 5.91 Å². The molecule has 1 atom stereocenters. The molecular weight excluding hydrogens is 686 g/mol. The normalized spacial score (nSPS) is 14.0. The number of carbonyl (C=O) groups is 1. The average molecular weight is 717 g/mol. The fraction of sp³-hybridized carbons (Fsp3) is 0.171. The lowest BCUT2D eigenvalue weighted by atomic mass is 9.94. The Bertz CT molecular complexity index is 1910. The quantitative estimate of drug-likeness (QED) is 0.140. The zero-order valence-corrected chi connectivity index (χ0v) is 28.5. The molecule has 0 spiro atoms. The van der Waals surface area contributed by atoms with E-state index in [0.29, 0.717) is 61.4 Å². The molecule has 11 heteroatoms. The zero-order chi connectivity index (χ0) is 32.2. The number of hydrogen-bond acceptors (Lipinski definition) is 7.